The Morgan fingerprint density at radius 2 is 0.494 bits per heavy atom. The van der Waals surface area contributed by atoms with E-state index in [1.165, 1.54) is 0 Å². The number of alkyl halides is 20. The predicted molar refractivity (Wildman–Crippen MR) is 237 cm³/mol. The Balaban J connectivity index is 9.01. The number of carbonyl (C=O) groups is 6. The molecule has 0 aromatic carbocycles. The van der Waals surface area contributed by atoms with Crippen LogP contribution in [0.1, 0.15) is 19.3 Å². The molecule has 488 valence electrons. The van der Waals surface area contributed by atoms with Gasteiger partial charge in [-0.15, -0.1) is 0 Å². The van der Waals surface area contributed by atoms with Crippen molar-refractivity contribution in [3.63, 3.8) is 0 Å². The molecule has 0 saturated heterocycles. The Kier molecular flexibility index (Phi) is 29.9. The number of ether oxygens (including phenoxy) is 13. The van der Waals surface area contributed by atoms with E-state index in [2.05, 4.69) is 101 Å². The molecule has 0 fully saturated rings. The van der Waals surface area contributed by atoms with Crippen LogP contribution in [-0.4, -0.2) is 182 Å². The third kappa shape index (κ3) is 26.4. The molecule has 0 aliphatic rings. The van der Waals surface area contributed by atoms with Gasteiger partial charge in [-0.2, -0.15) is 61.5 Å². The molecule has 0 aliphatic heterocycles. The van der Waals surface area contributed by atoms with Crippen molar-refractivity contribution in [2.75, 3.05) is 85.9 Å². The average Bonchev–Trinajstić information content (AvgIpc) is 1.71. The predicted octanol–water partition coefficient (Wildman–Crippen LogP) is 8.68. The summed E-state index contributed by atoms with van der Waals surface area (Å²) in [4.78, 5) is 68.6. The van der Waals surface area contributed by atoms with Gasteiger partial charge in [0.15, 0.2) is 30.7 Å². The molecule has 85 heavy (non-hydrogen) atoms. The molecule has 0 aliphatic carbocycles. The maximum absolute atomic E-state index is 17.3. The minimum Gasteiger partial charge on any atom is -0.462 e. The van der Waals surface area contributed by atoms with E-state index in [9.17, 15) is 55.1 Å². The van der Waals surface area contributed by atoms with Crippen molar-refractivity contribution >= 4 is 35.8 Å². The third-order valence-corrected chi connectivity index (χ3v) is 9.74. The number of esters is 6. The van der Waals surface area contributed by atoms with Gasteiger partial charge in [0, 0.05) is 36.5 Å². The summed E-state index contributed by atoms with van der Waals surface area (Å²) in [5.41, 5.74) is -12.5. The smallest absolute Gasteiger partial charge is 0.378 e. The number of halogens is 20. The summed E-state index contributed by atoms with van der Waals surface area (Å²) in [5.74, 6) is -24.9. The number of carbonyl (C=O) groups excluding carboxylic acids is 6. The molecular weight excluding hydrogens is 1240 g/mol. The van der Waals surface area contributed by atoms with Crippen molar-refractivity contribution < 1.29 is 178 Å². The molecule has 0 saturated carbocycles. The first kappa shape index (κ1) is 78.6. The highest BCUT2D eigenvalue weighted by atomic mass is 19.3. The maximum Gasteiger partial charge on any atom is 0.378 e. The Labute approximate surface area is 466 Å². The minimum atomic E-state index is -7.24. The van der Waals surface area contributed by atoms with Crippen LogP contribution >= 0.6 is 0 Å². The van der Waals surface area contributed by atoms with Crippen LogP contribution < -0.4 is 0 Å². The number of rotatable bonds is 46. The summed E-state index contributed by atoms with van der Waals surface area (Å²) in [6, 6.07) is 0. The standard InChI is InChI=1S/C46H50F20O19/c1-7-29(67)76-16-13-40(53,54)83-44(61,62)35(19-73-23-37(47,48)26-79-32(70)10-4,20-74-24-38(49,50)27-80-33(71)11-5)43(59,60)82-22-36(21-75-25-39(51,52)28-81-34(72)12-6,45(63,64)84-41(55,56)14-17-77-30(68)8-2)46(65,66)85-42(57,58)15-18-78-31(69)9-3/h7-12H,1-6,13-28H2. The van der Waals surface area contributed by atoms with E-state index in [0.717, 1.165) is 0 Å². The number of hydrogen-bond donors (Lipinski definition) is 0. The molecule has 0 aromatic rings. The van der Waals surface area contributed by atoms with E-state index in [1.54, 1.807) is 0 Å². The lowest BCUT2D eigenvalue weighted by Gasteiger charge is -2.47. The monoisotopic (exact) mass is 1290 g/mol. The van der Waals surface area contributed by atoms with E-state index in [0.29, 0.717) is 0 Å². The molecule has 0 amide bonds. The van der Waals surface area contributed by atoms with Gasteiger partial charge in [-0.3, -0.25) is 14.2 Å². The van der Waals surface area contributed by atoms with Crippen LogP contribution in [0, 0.1) is 10.8 Å². The summed E-state index contributed by atoms with van der Waals surface area (Å²) < 4.78 is 366. The fourth-order valence-electron chi connectivity index (χ4n) is 5.40. The van der Waals surface area contributed by atoms with Crippen LogP contribution in [0.15, 0.2) is 75.9 Å². The molecule has 0 atom stereocenters. The quantitative estimate of drug-likeness (QED) is 0.0241. The molecule has 0 heterocycles. The van der Waals surface area contributed by atoms with E-state index in [4.69, 9.17) is 0 Å². The van der Waals surface area contributed by atoms with Crippen LogP contribution in [0.2, 0.25) is 0 Å². The summed E-state index contributed by atoms with van der Waals surface area (Å²) in [6.45, 7) is -18.4. The molecule has 0 rings (SSSR count). The SMILES string of the molecule is C=CC(=O)OCCC(F)(F)OC(F)(F)C(COCC(F)(F)COC(=O)C=C)(COCC(F)(F)COC(=O)C=C)C(F)(F)OCC(COCC(F)(F)COC(=O)C=C)(C(F)(F)OC(F)(F)CCOC(=O)C=C)C(F)(F)OC(F)(F)CCOC(=O)C=C. The first-order chi connectivity index (χ1) is 38.7. The highest BCUT2D eigenvalue weighted by molar-refractivity contribution is 5.82. The van der Waals surface area contributed by atoms with E-state index in [-0.39, 0.29) is 36.5 Å². The van der Waals surface area contributed by atoms with Crippen LogP contribution in [0.25, 0.3) is 0 Å². The lowest BCUT2D eigenvalue weighted by Crippen LogP contribution is -2.67. The van der Waals surface area contributed by atoms with Crippen LogP contribution in [0.5, 0.6) is 0 Å². The highest BCUT2D eigenvalue weighted by Gasteiger charge is 2.78. The fourth-order valence-corrected chi connectivity index (χ4v) is 5.40. The molecule has 0 spiro atoms. The summed E-state index contributed by atoms with van der Waals surface area (Å²) in [6.07, 6.45) is -52.6. The van der Waals surface area contributed by atoms with Gasteiger partial charge in [0.25, 0.3) is 0 Å². The van der Waals surface area contributed by atoms with Crippen molar-refractivity contribution in [2.24, 2.45) is 10.8 Å². The van der Waals surface area contributed by atoms with Gasteiger partial charge < -0.3 is 47.4 Å². The zero-order chi connectivity index (χ0) is 66.2. The van der Waals surface area contributed by atoms with Crippen molar-refractivity contribution in [3.8, 4) is 0 Å². The average molecular weight is 1290 g/mol. The Bertz CT molecular complexity index is 2210. The minimum absolute atomic E-state index is 0.179. The summed E-state index contributed by atoms with van der Waals surface area (Å²) in [7, 11) is 0. The second kappa shape index (κ2) is 32.4. The largest absolute Gasteiger partial charge is 0.462 e. The lowest BCUT2D eigenvalue weighted by atomic mass is 9.84. The molecule has 19 nitrogen and oxygen atoms in total. The van der Waals surface area contributed by atoms with Gasteiger partial charge in [0.2, 0.25) is 0 Å². The van der Waals surface area contributed by atoms with Crippen molar-refractivity contribution in [3.05, 3.63) is 75.9 Å². The number of hydrogen-bond acceptors (Lipinski definition) is 19. The zero-order valence-electron chi connectivity index (χ0n) is 43.3. The molecular formula is C46H50F20O19. The van der Waals surface area contributed by atoms with Gasteiger partial charge >= 0.3 is 96.3 Å². The Morgan fingerprint density at radius 1 is 0.282 bits per heavy atom. The van der Waals surface area contributed by atoms with Crippen molar-refractivity contribution in [1.82, 2.24) is 0 Å². The Morgan fingerprint density at radius 3 is 0.718 bits per heavy atom. The second-order valence-corrected chi connectivity index (χ2v) is 16.6. The van der Waals surface area contributed by atoms with Crippen molar-refractivity contribution in [2.45, 2.75) is 79.8 Å². The van der Waals surface area contributed by atoms with Crippen molar-refractivity contribution in [1.29, 1.82) is 0 Å². The normalized spacial score (nSPS) is 13.4. The zero-order valence-corrected chi connectivity index (χ0v) is 43.3. The molecule has 0 bridgehead atoms. The molecule has 0 aromatic heterocycles. The van der Waals surface area contributed by atoms with Gasteiger partial charge in [-0.1, -0.05) is 39.5 Å². The second-order valence-electron chi connectivity index (χ2n) is 16.6. The van der Waals surface area contributed by atoms with Crippen LogP contribution in [-0.2, 0) is 90.3 Å². The third-order valence-electron chi connectivity index (χ3n) is 9.74. The maximum atomic E-state index is 17.3. The summed E-state index contributed by atoms with van der Waals surface area (Å²) in [5, 5.41) is 0. The van der Waals surface area contributed by atoms with Crippen LogP contribution in [0.3, 0.4) is 0 Å². The molecule has 0 radical (unpaired) electrons. The van der Waals surface area contributed by atoms with Crippen LogP contribution in [0.4, 0.5) is 87.8 Å². The highest BCUT2D eigenvalue weighted by Crippen LogP contribution is 2.58. The summed E-state index contributed by atoms with van der Waals surface area (Å²) >= 11 is 0. The van der Waals surface area contributed by atoms with Gasteiger partial charge in [-0.25, -0.2) is 55.1 Å². The lowest BCUT2D eigenvalue weighted by molar-refractivity contribution is -0.510. The first-order valence-corrected chi connectivity index (χ1v) is 22.7. The van der Waals surface area contributed by atoms with Gasteiger partial charge in [0.05, 0.1) is 65.5 Å². The van der Waals surface area contributed by atoms with Gasteiger partial charge in [0.1, 0.15) is 19.8 Å². The molecule has 0 unspecified atom stereocenters. The first-order valence-electron chi connectivity index (χ1n) is 22.7. The Hall–Kier alpha value is -6.42. The molecule has 39 heteroatoms. The van der Waals surface area contributed by atoms with E-state index >= 15 is 61.5 Å². The molecule has 0 N–H and O–H groups in total. The van der Waals surface area contributed by atoms with E-state index in [1.807, 2.05) is 0 Å². The topological polar surface area (TPSA) is 222 Å². The fraction of sp³-hybridized carbons (Fsp3) is 0.609. The van der Waals surface area contributed by atoms with E-state index < -0.39 is 212 Å². The van der Waals surface area contributed by atoms with Gasteiger partial charge in [-0.05, 0) is 0 Å².